The summed E-state index contributed by atoms with van der Waals surface area (Å²) in [6.07, 6.45) is 0.0114. The Labute approximate surface area is 142 Å². The fourth-order valence-electron chi connectivity index (χ4n) is 1.71. The third-order valence-electron chi connectivity index (χ3n) is 2.77. The molecule has 0 aliphatic rings. The Balaban J connectivity index is 2.76. The summed E-state index contributed by atoms with van der Waals surface area (Å²) in [6.45, 7) is 3.29. The molecule has 1 amide bonds. The smallest absolute Gasteiger partial charge is 0.328 e. The summed E-state index contributed by atoms with van der Waals surface area (Å²) >= 11 is 1.09. The molecule has 10 heteroatoms. The van der Waals surface area contributed by atoms with Crippen molar-refractivity contribution in [2.24, 2.45) is 0 Å². The molecule has 1 aromatic rings. The number of Topliss-reactive ketones (excluding diaryl/α,β-unsaturated/α-hetero) is 1. The van der Waals surface area contributed by atoms with Gasteiger partial charge in [0.05, 0.1) is 6.10 Å². The minimum absolute atomic E-state index is 0.0628. The zero-order valence-corrected chi connectivity index (χ0v) is 14.0. The lowest BCUT2D eigenvalue weighted by atomic mass is 10.1. The molecule has 0 fully saturated rings. The van der Waals surface area contributed by atoms with Crippen LogP contribution in [-0.2, 0) is 19.1 Å². The van der Waals surface area contributed by atoms with Crippen LogP contribution in [0.1, 0.15) is 37.8 Å². The average molecular weight is 354 g/mol. The number of aliphatic hydroxyl groups is 1. The van der Waals surface area contributed by atoms with Gasteiger partial charge in [-0.25, -0.2) is 9.78 Å². The van der Waals surface area contributed by atoms with Crippen molar-refractivity contribution in [3.05, 3.63) is 22.1 Å². The first kappa shape index (κ1) is 19.6. The number of aliphatic hydroxyl groups excluding tert-OH is 1. The van der Waals surface area contributed by atoms with E-state index >= 15 is 0 Å². The maximum Gasteiger partial charge on any atom is 0.328 e. The van der Waals surface area contributed by atoms with Gasteiger partial charge in [0.1, 0.15) is 11.0 Å². The van der Waals surface area contributed by atoms with Gasteiger partial charge in [0.25, 0.3) is 5.91 Å². The van der Waals surface area contributed by atoms with Crippen LogP contribution in [0, 0.1) is 0 Å². The van der Waals surface area contributed by atoms with E-state index in [4.69, 9.17) is 10.3 Å². The lowest BCUT2D eigenvalue weighted by molar-refractivity contribution is -0.152. The van der Waals surface area contributed by atoms with E-state index < -0.39 is 35.9 Å². The van der Waals surface area contributed by atoms with Gasteiger partial charge in [-0.05, 0) is 20.3 Å². The zero-order valence-electron chi connectivity index (χ0n) is 13.2. The highest BCUT2D eigenvalue weighted by atomic mass is 32.1. The molecule has 1 aromatic heterocycles. The minimum Gasteiger partial charge on any atom is -0.461 e. The second kappa shape index (κ2) is 9.66. The lowest BCUT2D eigenvalue weighted by Gasteiger charge is -2.19. The number of rotatable bonds is 9. The van der Waals surface area contributed by atoms with E-state index in [0.29, 0.717) is 6.21 Å². The number of hydrogen-bond donors (Lipinski definition) is 2. The third kappa shape index (κ3) is 6.37. The van der Waals surface area contributed by atoms with E-state index in [2.05, 4.69) is 15.1 Å². The van der Waals surface area contributed by atoms with Gasteiger partial charge in [-0.15, -0.1) is 11.3 Å². The van der Waals surface area contributed by atoms with Crippen molar-refractivity contribution in [3.8, 4) is 0 Å². The van der Waals surface area contributed by atoms with Crippen LogP contribution < -0.4 is 5.32 Å². The standard InChI is InChI=1S/C14H18N4O5S/c1-8(2)23-14(22)10(4-3-9(19)7-17-15)18-12(21)11(20)13-16-5-6-24-13/h5-8,10-11,20H,3-4H2,1-2H3,(H,18,21)/t10-,11+/m0/s1. The predicted octanol–water partition coefficient (Wildman–Crippen LogP) is 0.263. The molecule has 0 saturated carbocycles. The predicted molar refractivity (Wildman–Crippen MR) is 84.2 cm³/mol. The summed E-state index contributed by atoms with van der Waals surface area (Å²) < 4.78 is 5.03. The molecule has 2 atom stereocenters. The summed E-state index contributed by atoms with van der Waals surface area (Å²) in [5.74, 6) is -2.06. The topological polar surface area (TPSA) is 142 Å². The number of carbonyl (C=O) groups excluding carboxylic acids is 3. The van der Waals surface area contributed by atoms with E-state index in [0.717, 1.165) is 11.3 Å². The van der Waals surface area contributed by atoms with Crippen molar-refractivity contribution in [3.63, 3.8) is 0 Å². The van der Waals surface area contributed by atoms with E-state index in [1.165, 1.54) is 6.20 Å². The van der Waals surface area contributed by atoms with Gasteiger partial charge in [-0.2, -0.15) is 4.79 Å². The first-order valence-corrected chi connectivity index (χ1v) is 8.01. The Hall–Kier alpha value is -2.42. The third-order valence-corrected chi connectivity index (χ3v) is 3.60. The van der Waals surface area contributed by atoms with E-state index in [1.54, 1.807) is 19.2 Å². The monoisotopic (exact) mass is 354 g/mol. The highest BCUT2D eigenvalue weighted by Gasteiger charge is 2.28. The van der Waals surface area contributed by atoms with Crippen molar-refractivity contribution in [1.82, 2.24) is 10.3 Å². The molecule has 1 rings (SSSR count). The Bertz CT molecular complexity index is 625. The van der Waals surface area contributed by atoms with Gasteiger partial charge < -0.3 is 20.7 Å². The average Bonchev–Trinajstić information content (AvgIpc) is 3.04. The van der Waals surface area contributed by atoms with Crippen LogP contribution in [0.25, 0.3) is 5.53 Å². The molecule has 0 aliphatic heterocycles. The van der Waals surface area contributed by atoms with Gasteiger partial charge in [0, 0.05) is 18.0 Å². The SMILES string of the molecule is CC(C)OC(=O)[C@H](CCC(=O)C=[N+]=[N-])NC(=O)[C@@H](O)c1nccs1. The Morgan fingerprint density at radius 2 is 2.21 bits per heavy atom. The molecule has 0 spiro atoms. The molecule has 0 radical (unpaired) electrons. The molecule has 0 unspecified atom stereocenters. The van der Waals surface area contributed by atoms with Crippen LogP contribution >= 0.6 is 11.3 Å². The summed E-state index contributed by atoms with van der Waals surface area (Å²) in [7, 11) is 0. The van der Waals surface area contributed by atoms with Gasteiger partial charge in [0.2, 0.25) is 5.78 Å². The molecular weight excluding hydrogens is 336 g/mol. The van der Waals surface area contributed by atoms with Crippen molar-refractivity contribution in [2.75, 3.05) is 0 Å². The number of nitrogens with zero attached hydrogens (tertiary/aromatic N) is 3. The number of amides is 1. The largest absolute Gasteiger partial charge is 0.461 e. The molecule has 24 heavy (non-hydrogen) atoms. The molecule has 2 N–H and O–H groups in total. The fourth-order valence-corrected chi connectivity index (χ4v) is 2.33. The minimum atomic E-state index is -1.52. The molecule has 130 valence electrons. The maximum atomic E-state index is 12.1. The quantitative estimate of drug-likeness (QED) is 0.282. The highest BCUT2D eigenvalue weighted by Crippen LogP contribution is 2.16. The lowest BCUT2D eigenvalue weighted by Crippen LogP contribution is -2.44. The highest BCUT2D eigenvalue weighted by molar-refractivity contribution is 7.09. The van der Waals surface area contributed by atoms with Crippen LogP contribution in [0.3, 0.4) is 0 Å². The molecule has 0 saturated heterocycles. The van der Waals surface area contributed by atoms with Gasteiger partial charge in [0.15, 0.2) is 6.10 Å². The Morgan fingerprint density at radius 3 is 2.75 bits per heavy atom. The molecular formula is C14H18N4O5S. The van der Waals surface area contributed by atoms with Crippen molar-refractivity contribution < 1.29 is 29.0 Å². The zero-order chi connectivity index (χ0) is 18.1. The Kier molecular flexibility index (Phi) is 7.90. The molecule has 1 heterocycles. The number of thiazole rings is 1. The van der Waals surface area contributed by atoms with E-state index in [-0.39, 0.29) is 17.8 Å². The van der Waals surface area contributed by atoms with E-state index in [9.17, 15) is 19.5 Å². The molecule has 9 nitrogen and oxygen atoms in total. The van der Waals surface area contributed by atoms with Gasteiger partial charge in [-0.1, -0.05) is 0 Å². The first-order chi connectivity index (χ1) is 11.3. The number of ketones is 1. The Morgan fingerprint density at radius 1 is 1.50 bits per heavy atom. The second-order valence-corrected chi connectivity index (χ2v) is 6.00. The van der Waals surface area contributed by atoms with Crippen molar-refractivity contribution >= 4 is 35.2 Å². The second-order valence-electron chi connectivity index (χ2n) is 5.07. The normalized spacial score (nSPS) is 12.8. The number of esters is 1. The van der Waals surface area contributed by atoms with E-state index in [1.807, 2.05) is 0 Å². The van der Waals surface area contributed by atoms with Crippen LogP contribution in [0.5, 0.6) is 0 Å². The van der Waals surface area contributed by atoms with Crippen LogP contribution in [0.4, 0.5) is 0 Å². The van der Waals surface area contributed by atoms with Crippen LogP contribution in [0.15, 0.2) is 11.6 Å². The van der Waals surface area contributed by atoms with Crippen LogP contribution in [-0.4, -0.2) is 50.9 Å². The van der Waals surface area contributed by atoms with Gasteiger partial charge >= 0.3 is 12.2 Å². The molecule has 0 aliphatic carbocycles. The maximum absolute atomic E-state index is 12.1. The number of hydrogen-bond acceptors (Lipinski definition) is 7. The number of nitrogens with one attached hydrogen (secondary N) is 1. The molecule has 0 bridgehead atoms. The van der Waals surface area contributed by atoms with Crippen molar-refractivity contribution in [2.45, 2.75) is 44.9 Å². The first-order valence-electron chi connectivity index (χ1n) is 7.13. The van der Waals surface area contributed by atoms with Gasteiger partial charge in [-0.3, -0.25) is 9.59 Å². The summed E-state index contributed by atoms with van der Waals surface area (Å²) in [5, 5.41) is 14.1. The van der Waals surface area contributed by atoms with Crippen molar-refractivity contribution in [1.29, 1.82) is 0 Å². The summed E-state index contributed by atoms with van der Waals surface area (Å²) in [4.78, 5) is 41.9. The fraction of sp³-hybridized carbons (Fsp3) is 0.500. The number of aromatic nitrogens is 1. The molecule has 0 aromatic carbocycles. The number of carbonyl (C=O) groups is 3. The van der Waals surface area contributed by atoms with Crippen LogP contribution in [0.2, 0.25) is 0 Å². The summed E-state index contributed by atoms with van der Waals surface area (Å²) in [6, 6.07) is -1.12. The number of ether oxygens (including phenoxy) is 1. The summed E-state index contributed by atoms with van der Waals surface area (Å²) in [5.41, 5.74) is 8.30.